The van der Waals surface area contributed by atoms with Crippen molar-refractivity contribution in [2.24, 2.45) is 0 Å². The Morgan fingerprint density at radius 3 is 2.66 bits per heavy atom. The Hall–Kier alpha value is -3.12. The van der Waals surface area contributed by atoms with Gasteiger partial charge in [0, 0.05) is 61.3 Å². The Kier molecular flexibility index (Phi) is 5.15. The summed E-state index contributed by atoms with van der Waals surface area (Å²) in [5, 5.41) is 4.67. The van der Waals surface area contributed by atoms with Crippen LogP contribution >= 0.6 is 0 Å². The van der Waals surface area contributed by atoms with Crippen LogP contribution < -0.4 is 10.2 Å². The molecule has 2 aliphatic carbocycles. The zero-order chi connectivity index (χ0) is 21.3. The molecule has 1 saturated heterocycles. The summed E-state index contributed by atoms with van der Waals surface area (Å²) in [6.45, 7) is 3.86. The van der Waals surface area contributed by atoms with E-state index in [4.69, 9.17) is 9.97 Å². The van der Waals surface area contributed by atoms with Crippen LogP contribution in [0, 0.1) is 0 Å². The highest BCUT2D eigenvalue weighted by Gasteiger charge is 2.27. The molecule has 6 heteroatoms. The molecule has 0 atom stereocenters. The number of fused-ring (bicyclic) bond motifs is 1. The molecule has 0 radical (unpaired) electrons. The number of hydrogen-bond acceptors (Lipinski definition) is 6. The maximum Gasteiger partial charge on any atom is 0.162 e. The molecule has 1 N–H and O–H groups in total. The number of allylic oxidation sites excluding steroid dienone is 4. The van der Waals surface area contributed by atoms with Crippen LogP contribution in [0.2, 0.25) is 0 Å². The second kappa shape index (κ2) is 8.43. The van der Waals surface area contributed by atoms with Crippen molar-refractivity contribution in [1.82, 2.24) is 25.3 Å². The molecule has 0 amide bonds. The highest BCUT2D eigenvalue weighted by molar-refractivity contribution is 5.94. The van der Waals surface area contributed by atoms with Crippen molar-refractivity contribution in [3.63, 3.8) is 0 Å². The van der Waals surface area contributed by atoms with Crippen molar-refractivity contribution in [3.05, 3.63) is 60.2 Å². The number of anilines is 1. The minimum absolute atomic E-state index is 0.581. The molecule has 0 spiro atoms. The molecule has 162 valence electrons. The Bertz CT molecular complexity index is 1200. The predicted molar refractivity (Wildman–Crippen MR) is 129 cm³/mol. The van der Waals surface area contributed by atoms with Crippen molar-refractivity contribution in [2.45, 2.75) is 38.0 Å². The van der Waals surface area contributed by atoms with E-state index in [-0.39, 0.29) is 0 Å². The van der Waals surface area contributed by atoms with Crippen molar-refractivity contribution < 1.29 is 0 Å². The fourth-order valence-corrected chi connectivity index (χ4v) is 5.02. The van der Waals surface area contributed by atoms with Gasteiger partial charge in [-0.05, 0) is 48.8 Å². The summed E-state index contributed by atoms with van der Waals surface area (Å²) in [6.07, 6.45) is 20.2. The fourth-order valence-electron chi connectivity index (χ4n) is 5.02. The summed E-state index contributed by atoms with van der Waals surface area (Å²) in [5.74, 6) is 2.42. The monoisotopic (exact) mass is 424 g/mol. The molecule has 3 aromatic heterocycles. The molecule has 0 bridgehead atoms. The molecule has 0 unspecified atom stereocenters. The molecule has 32 heavy (non-hydrogen) atoms. The molecule has 0 aromatic carbocycles. The van der Waals surface area contributed by atoms with E-state index < -0.39 is 0 Å². The van der Waals surface area contributed by atoms with Gasteiger partial charge in [0.05, 0.1) is 11.7 Å². The quantitative estimate of drug-likeness (QED) is 0.665. The lowest BCUT2D eigenvalue weighted by molar-refractivity contribution is 0.421. The molecule has 3 aliphatic rings. The lowest BCUT2D eigenvalue weighted by Crippen LogP contribution is -2.44. The summed E-state index contributed by atoms with van der Waals surface area (Å²) in [7, 11) is 0. The van der Waals surface area contributed by atoms with Crippen LogP contribution in [0.15, 0.2) is 49.1 Å². The van der Waals surface area contributed by atoms with E-state index in [9.17, 15) is 0 Å². The number of piperazine rings is 1. The topological polar surface area (TPSA) is 66.8 Å². The van der Waals surface area contributed by atoms with Crippen LogP contribution in [0.1, 0.15) is 49.1 Å². The summed E-state index contributed by atoms with van der Waals surface area (Å²) in [4.78, 5) is 21.8. The minimum atomic E-state index is 0.581. The first kappa shape index (κ1) is 19.6. The second-order valence-electron chi connectivity index (χ2n) is 8.94. The molecule has 4 heterocycles. The Labute approximate surface area is 188 Å². The van der Waals surface area contributed by atoms with Gasteiger partial charge in [0.15, 0.2) is 5.82 Å². The van der Waals surface area contributed by atoms with Crippen LogP contribution in [-0.2, 0) is 0 Å². The first-order valence-corrected chi connectivity index (χ1v) is 11.8. The lowest BCUT2D eigenvalue weighted by atomic mass is 9.79. The minimum Gasteiger partial charge on any atom is -0.353 e. The maximum absolute atomic E-state index is 5.24. The number of pyridine rings is 2. The van der Waals surface area contributed by atoms with E-state index >= 15 is 0 Å². The number of nitrogens with zero attached hydrogens (tertiary/aromatic N) is 5. The molecule has 3 aromatic rings. The normalized spacial score (nSPS) is 19.1. The van der Waals surface area contributed by atoms with Gasteiger partial charge >= 0.3 is 0 Å². The van der Waals surface area contributed by atoms with Gasteiger partial charge < -0.3 is 10.2 Å². The van der Waals surface area contributed by atoms with Gasteiger partial charge in [-0.3, -0.25) is 9.97 Å². The number of nitrogens with one attached hydrogen (secondary N) is 1. The van der Waals surface area contributed by atoms with Crippen molar-refractivity contribution in [1.29, 1.82) is 0 Å². The number of rotatable bonds is 4. The smallest absolute Gasteiger partial charge is 0.162 e. The first-order valence-electron chi connectivity index (χ1n) is 11.8. The third-order valence-corrected chi connectivity index (χ3v) is 7.00. The van der Waals surface area contributed by atoms with E-state index in [0.717, 1.165) is 67.3 Å². The second-order valence-corrected chi connectivity index (χ2v) is 8.94. The van der Waals surface area contributed by atoms with Gasteiger partial charge in [-0.25, -0.2) is 9.97 Å². The SMILES string of the molecule is C1=CCCC(c2cnccc2-c2nc(N3CCNCC3)c3c(C4CCC4)cncc3n2)=C1. The number of aromatic nitrogens is 4. The van der Waals surface area contributed by atoms with E-state index in [1.165, 1.54) is 35.8 Å². The molecule has 6 rings (SSSR count). The van der Waals surface area contributed by atoms with Crippen LogP contribution in [0.25, 0.3) is 27.9 Å². The summed E-state index contributed by atoms with van der Waals surface area (Å²) < 4.78 is 0. The van der Waals surface area contributed by atoms with Gasteiger partial charge in [0.1, 0.15) is 5.82 Å². The maximum atomic E-state index is 5.24. The van der Waals surface area contributed by atoms with Gasteiger partial charge in [0.2, 0.25) is 0 Å². The largest absolute Gasteiger partial charge is 0.353 e. The Morgan fingerprint density at radius 1 is 0.969 bits per heavy atom. The standard InChI is InChI=1S/C26H28N6/c1-2-5-18(6-3-1)21-15-28-10-9-20(21)25-30-23-17-29-16-22(19-7-4-8-19)24(23)26(31-25)32-13-11-27-12-14-32/h1-2,5,9-10,15-17,19,27H,3-4,6-8,11-14H2. The van der Waals surface area contributed by atoms with E-state index in [1.54, 1.807) is 0 Å². The Balaban J connectivity index is 1.55. The average molecular weight is 425 g/mol. The van der Waals surface area contributed by atoms with Crippen LogP contribution in [0.3, 0.4) is 0 Å². The summed E-state index contributed by atoms with van der Waals surface area (Å²) in [6, 6.07) is 2.06. The van der Waals surface area contributed by atoms with Crippen LogP contribution in [0.4, 0.5) is 5.82 Å². The molecule has 1 saturated carbocycles. The first-order chi connectivity index (χ1) is 15.9. The third kappa shape index (κ3) is 3.48. The van der Waals surface area contributed by atoms with Gasteiger partial charge in [-0.15, -0.1) is 0 Å². The molecular formula is C26H28N6. The predicted octanol–water partition coefficient (Wildman–Crippen LogP) is 4.50. The van der Waals surface area contributed by atoms with Crippen molar-refractivity contribution >= 4 is 22.3 Å². The van der Waals surface area contributed by atoms with Gasteiger partial charge in [-0.1, -0.05) is 24.6 Å². The summed E-state index contributed by atoms with van der Waals surface area (Å²) >= 11 is 0. The van der Waals surface area contributed by atoms with E-state index in [2.05, 4.69) is 50.7 Å². The fraction of sp³-hybridized carbons (Fsp3) is 0.385. The molecular weight excluding hydrogens is 396 g/mol. The van der Waals surface area contributed by atoms with Gasteiger partial charge in [0.25, 0.3) is 0 Å². The zero-order valence-corrected chi connectivity index (χ0v) is 18.3. The van der Waals surface area contributed by atoms with Crippen LogP contribution in [0.5, 0.6) is 0 Å². The zero-order valence-electron chi connectivity index (χ0n) is 18.3. The van der Waals surface area contributed by atoms with Crippen molar-refractivity contribution in [2.75, 3.05) is 31.1 Å². The van der Waals surface area contributed by atoms with Gasteiger partial charge in [-0.2, -0.15) is 0 Å². The highest BCUT2D eigenvalue weighted by atomic mass is 15.2. The molecule has 6 nitrogen and oxygen atoms in total. The molecule has 1 aliphatic heterocycles. The molecule has 2 fully saturated rings. The third-order valence-electron chi connectivity index (χ3n) is 7.00. The van der Waals surface area contributed by atoms with Crippen molar-refractivity contribution in [3.8, 4) is 11.4 Å². The number of hydrogen-bond donors (Lipinski definition) is 1. The lowest BCUT2D eigenvalue weighted by Gasteiger charge is -2.32. The van der Waals surface area contributed by atoms with E-state index in [0.29, 0.717) is 5.92 Å². The highest BCUT2D eigenvalue weighted by Crippen LogP contribution is 2.42. The average Bonchev–Trinajstić information content (AvgIpc) is 2.83. The Morgan fingerprint density at radius 2 is 1.88 bits per heavy atom. The van der Waals surface area contributed by atoms with Crippen LogP contribution in [-0.4, -0.2) is 46.1 Å². The van der Waals surface area contributed by atoms with E-state index in [1.807, 2.05) is 18.6 Å². The summed E-state index contributed by atoms with van der Waals surface area (Å²) in [5.41, 5.74) is 5.75.